The number of aliphatic hydroxyl groups is 1. The molecule has 0 saturated carbocycles. The Labute approximate surface area is 176 Å². The fraction of sp³-hybridized carbons (Fsp3) is 0.417. The zero-order valence-electron chi connectivity index (χ0n) is 17.7. The third-order valence-corrected chi connectivity index (χ3v) is 6.54. The van der Waals surface area contributed by atoms with Gasteiger partial charge in [0, 0.05) is 31.3 Å². The Morgan fingerprint density at radius 1 is 1.30 bits per heavy atom. The van der Waals surface area contributed by atoms with Crippen LogP contribution in [0.1, 0.15) is 64.8 Å². The van der Waals surface area contributed by atoms with Crippen molar-refractivity contribution in [2.45, 2.75) is 45.3 Å². The van der Waals surface area contributed by atoms with Gasteiger partial charge >= 0.3 is 0 Å². The maximum atomic E-state index is 13.2. The van der Waals surface area contributed by atoms with E-state index in [0.717, 1.165) is 77.2 Å². The molecule has 30 heavy (non-hydrogen) atoms. The van der Waals surface area contributed by atoms with Crippen LogP contribution >= 0.6 is 0 Å². The molecule has 1 N–H and O–H groups in total. The quantitative estimate of drug-likeness (QED) is 0.719. The first-order valence-electron chi connectivity index (χ1n) is 10.7. The lowest BCUT2D eigenvalue weighted by Crippen LogP contribution is -2.42. The molecule has 1 amide bonds. The van der Waals surface area contributed by atoms with Crippen LogP contribution < -0.4 is 4.74 Å². The number of carbonyl (C=O) groups is 1. The van der Waals surface area contributed by atoms with Gasteiger partial charge in [-0.1, -0.05) is 24.3 Å². The summed E-state index contributed by atoms with van der Waals surface area (Å²) in [5.74, 6) is 1.69. The van der Waals surface area contributed by atoms with Gasteiger partial charge in [-0.3, -0.25) is 4.79 Å². The van der Waals surface area contributed by atoms with Gasteiger partial charge in [0.05, 0.1) is 11.6 Å². The van der Waals surface area contributed by atoms with E-state index in [-0.39, 0.29) is 12.0 Å². The fourth-order valence-corrected chi connectivity index (χ4v) is 4.58. The Bertz CT molecular complexity index is 1140. The summed E-state index contributed by atoms with van der Waals surface area (Å²) in [6.45, 7) is 5.38. The summed E-state index contributed by atoms with van der Waals surface area (Å²) < 4.78 is 8.57. The minimum Gasteiger partial charge on any atom is -0.483 e. The summed E-state index contributed by atoms with van der Waals surface area (Å²) in [5.41, 5.74) is 5.31. The zero-order chi connectivity index (χ0) is 21.0. The maximum Gasteiger partial charge on any atom is 0.254 e. The van der Waals surface area contributed by atoms with Crippen LogP contribution in [0, 0.1) is 6.92 Å². The molecule has 3 aromatic rings. The van der Waals surface area contributed by atoms with Gasteiger partial charge in [-0.2, -0.15) is 0 Å². The first-order chi connectivity index (χ1) is 14.5. The summed E-state index contributed by atoms with van der Waals surface area (Å²) >= 11 is 0. The number of nitrogens with zero attached hydrogens (tertiary/aromatic N) is 3. The van der Waals surface area contributed by atoms with Crippen LogP contribution in [0.15, 0.2) is 30.3 Å². The molecule has 0 radical (unpaired) electrons. The van der Waals surface area contributed by atoms with Crippen molar-refractivity contribution in [2.24, 2.45) is 7.05 Å². The molecule has 0 bridgehead atoms. The van der Waals surface area contributed by atoms with Crippen molar-refractivity contribution >= 4 is 16.9 Å². The lowest BCUT2D eigenvalue weighted by Gasteiger charge is -2.34. The average Bonchev–Trinajstić information content (AvgIpc) is 3.00. The van der Waals surface area contributed by atoms with Crippen molar-refractivity contribution in [3.05, 3.63) is 58.4 Å². The molecule has 0 spiro atoms. The molecule has 5 rings (SSSR count). The Balaban J connectivity index is 1.64. The molecule has 2 aliphatic heterocycles. The Hall–Kier alpha value is -2.86. The molecule has 1 fully saturated rings. The fourth-order valence-electron chi connectivity index (χ4n) is 4.58. The highest BCUT2D eigenvalue weighted by Crippen LogP contribution is 2.43. The van der Waals surface area contributed by atoms with Gasteiger partial charge in [-0.15, -0.1) is 0 Å². The molecule has 2 aliphatic rings. The van der Waals surface area contributed by atoms with Gasteiger partial charge in [0.1, 0.15) is 17.4 Å². The van der Waals surface area contributed by atoms with Crippen molar-refractivity contribution < 1.29 is 14.6 Å². The molecule has 2 aromatic carbocycles. The van der Waals surface area contributed by atoms with Gasteiger partial charge in [0.15, 0.2) is 5.75 Å². The van der Waals surface area contributed by atoms with Crippen molar-refractivity contribution in [2.75, 3.05) is 13.1 Å². The monoisotopic (exact) mass is 405 g/mol. The molecular weight excluding hydrogens is 378 g/mol. The number of hydrogen-bond acceptors (Lipinski definition) is 4. The van der Waals surface area contributed by atoms with E-state index >= 15 is 0 Å². The van der Waals surface area contributed by atoms with E-state index in [1.54, 1.807) is 6.92 Å². The number of likely N-dealkylation sites (tertiary alicyclic amines) is 1. The highest BCUT2D eigenvalue weighted by Gasteiger charge is 2.33. The van der Waals surface area contributed by atoms with E-state index in [4.69, 9.17) is 9.72 Å². The van der Waals surface area contributed by atoms with E-state index < -0.39 is 6.10 Å². The molecular formula is C24H27N3O3. The third-order valence-electron chi connectivity index (χ3n) is 6.54. The molecule has 6 heteroatoms. The van der Waals surface area contributed by atoms with Crippen LogP contribution in [-0.4, -0.2) is 38.6 Å². The normalized spacial score (nSPS) is 19.2. The largest absolute Gasteiger partial charge is 0.483 e. The summed E-state index contributed by atoms with van der Waals surface area (Å²) in [6, 6.07) is 9.87. The standard InChI is InChI=1S/C24H27N3O3/c1-14(28)16-7-4-5-8-17(16)21-10-9-18-19(24(29)27-11-6-12-27)13-20-22(23(18)30-21)25-15(2)26(20)3/h4-5,7-8,13-14,21,28H,6,9-12H2,1-3H3/t14?,21-/m0/s1. The van der Waals surface area contributed by atoms with Crippen LogP contribution in [0.5, 0.6) is 5.75 Å². The smallest absolute Gasteiger partial charge is 0.254 e. The zero-order valence-corrected chi connectivity index (χ0v) is 17.7. The number of rotatable bonds is 3. The van der Waals surface area contributed by atoms with Crippen LogP contribution in [0.2, 0.25) is 0 Å². The van der Waals surface area contributed by atoms with E-state index in [2.05, 4.69) is 0 Å². The lowest BCUT2D eigenvalue weighted by atomic mass is 9.90. The Morgan fingerprint density at radius 2 is 2.07 bits per heavy atom. The van der Waals surface area contributed by atoms with Crippen LogP contribution in [0.3, 0.4) is 0 Å². The molecule has 6 nitrogen and oxygen atoms in total. The number of carbonyl (C=O) groups excluding carboxylic acids is 1. The maximum absolute atomic E-state index is 13.2. The second-order valence-corrected chi connectivity index (χ2v) is 8.41. The first-order valence-corrected chi connectivity index (χ1v) is 10.7. The van der Waals surface area contributed by atoms with Crippen LogP contribution in [0.4, 0.5) is 0 Å². The first kappa shape index (κ1) is 19.1. The Morgan fingerprint density at radius 3 is 2.77 bits per heavy atom. The summed E-state index contributed by atoms with van der Waals surface area (Å²) in [5, 5.41) is 10.2. The van der Waals surface area contributed by atoms with E-state index in [1.165, 1.54) is 0 Å². The summed E-state index contributed by atoms with van der Waals surface area (Å²) in [7, 11) is 1.97. The van der Waals surface area contributed by atoms with Crippen molar-refractivity contribution in [3.63, 3.8) is 0 Å². The lowest BCUT2D eigenvalue weighted by molar-refractivity contribution is 0.0648. The minimum absolute atomic E-state index is 0.0877. The molecule has 2 atom stereocenters. The van der Waals surface area contributed by atoms with Crippen molar-refractivity contribution in [1.29, 1.82) is 0 Å². The van der Waals surface area contributed by atoms with E-state index in [1.807, 2.05) is 53.8 Å². The summed E-state index contributed by atoms with van der Waals surface area (Å²) in [4.78, 5) is 19.8. The van der Waals surface area contributed by atoms with Gasteiger partial charge < -0.3 is 19.3 Å². The minimum atomic E-state index is -0.567. The second kappa shape index (κ2) is 7.13. The van der Waals surface area contributed by atoms with Crippen LogP contribution in [0.25, 0.3) is 11.0 Å². The summed E-state index contributed by atoms with van der Waals surface area (Å²) in [6.07, 6.45) is 1.82. The molecule has 1 saturated heterocycles. The van der Waals surface area contributed by atoms with Crippen molar-refractivity contribution in [3.8, 4) is 5.75 Å². The van der Waals surface area contributed by atoms with Gasteiger partial charge in [0.25, 0.3) is 5.91 Å². The van der Waals surface area contributed by atoms with Gasteiger partial charge in [-0.25, -0.2) is 4.98 Å². The second-order valence-electron chi connectivity index (χ2n) is 8.41. The molecule has 156 valence electrons. The molecule has 1 unspecified atom stereocenters. The Kier molecular flexibility index (Phi) is 4.54. The number of aromatic nitrogens is 2. The number of aryl methyl sites for hydroxylation is 2. The predicted molar refractivity (Wildman–Crippen MR) is 115 cm³/mol. The molecule has 3 heterocycles. The number of benzene rings is 2. The number of ether oxygens (including phenoxy) is 1. The van der Waals surface area contributed by atoms with Gasteiger partial charge in [-0.05, 0) is 50.3 Å². The van der Waals surface area contributed by atoms with E-state index in [9.17, 15) is 9.90 Å². The third kappa shape index (κ3) is 2.89. The number of imidazole rings is 1. The number of hydrogen-bond donors (Lipinski definition) is 1. The highest BCUT2D eigenvalue weighted by molar-refractivity contribution is 6.02. The topological polar surface area (TPSA) is 67.6 Å². The van der Waals surface area contributed by atoms with E-state index in [0.29, 0.717) is 0 Å². The SMILES string of the molecule is Cc1nc2c3c(c(C(=O)N4CCC4)cc2n1C)CC[C@@H](c1ccccc1C(C)O)O3. The number of fused-ring (bicyclic) bond motifs is 3. The molecule has 0 aliphatic carbocycles. The van der Waals surface area contributed by atoms with Gasteiger partial charge in [0.2, 0.25) is 0 Å². The van der Waals surface area contributed by atoms with Crippen molar-refractivity contribution in [1.82, 2.24) is 14.5 Å². The van der Waals surface area contributed by atoms with Crippen LogP contribution in [-0.2, 0) is 13.5 Å². The predicted octanol–water partition coefficient (Wildman–Crippen LogP) is 3.85. The average molecular weight is 405 g/mol. The highest BCUT2D eigenvalue weighted by atomic mass is 16.5. The number of amides is 1. The number of aliphatic hydroxyl groups excluding tert-OH is 1. The molecule has 1 aromatic heterocycles.